The molecule has 4 aliphatic carbocycles. The zero-order chi connectivity index (χ0) is 25.9. The summed E-state index contributed by atoms with van der Waals surface area (Å²) in [6.45, 7) is 11.0. The van der Waals surface area contributed by atoms with E-state index in [4.69, 9.17) is 6.42 Å². The highest BCUT2D eigenvalue weighted by Crippen LogP contribution is 2.68. The number of hydrogen-bond acceptors (Lipinski definition) is 3. The van der Waals surface area contributed by atoms with Gasteiger partial charge in [-0.25, -0.2) is 0 Å². The van der Waals surface area contributed by atoms with Crippen molar-refractivity contribution in [2.45, 2.75) is 117 Å². The number of hydrogen-bond donors (Lipinski definition) is 2. The van der Waals surface area contributed by atoms with E-state index in [1.54, 1.807) is 0 Å². The Morgan fingerprint density at radius 2 is 1.75 bits per heavy atom. The van der Waals surface area contributed by atoms with Gasteiger partial charge < -0.3 is 15.1 Å². The fourth-order valence-electron chi connectivity index (χ4n) is 10.4. The smallest absolute Gasteiger partial charge is 0.222 e. The molecular formula is C32H51NO3. The van der Waals surface area contributed by atoms with Gasteiger partial charge in [0.2, 0.25) is 5.91 Å². The molecule has 10 atom stereocenters. The van der Waals surface area contributed by atoms with E-state index in [0.29, 0.717) is 47.8 Å². The quantitative estimate of drug-likeness (QED) is 0.493. The van der Waals surface area contributed by atoms with Crippen LogP contribution in [0.5, 0.6) is 0 Å². The molecule has 5 fully saturated rings. The first kappa shape index (κ1) is 26.6. The van der Waals surface area contributed by atoms with Crippen molar-refractivity contribution in [2.75, 3.05) is 13.1 Å². The van der Waals surface area contributed by atoms with Crippen LogP contribution in [0.25, 0.3) is 0 Å². The largest absolute Gasteiger partial charge is 0.393 e. The van der Waals surface area contributed by atoms with Crippen molar-refractivity contribution in [1.29, 1.82) is 0 Å². The molecule has 4 saturated carbocycles. The first-order valence-corrected chi connectivity index (χ1v) is 15.1. The van der Waals surface area contributed by atoms with E-state index in [0.717, 1.165) is 58.0 Å². The average molecular weight is 498 g/mol. The average Bonchev–Trinajstić information content (AvgIpc) is 3.19. The molecule has 0 aromatic carbocycles. The number of fused-ring (bicyclic) bond motifs is 5. The lowest BCUT2D eigenvalue weighted by atomic mass is 9.43. The van der Waals surface area contributed by atoms with Gasteiger partial charge in [0, 0.05) is 24.9 Å². The molecule has 0 bridgehead atoms. The number of nitrogens with zero attached hydrogens (tertiary/aromatic N) is 1. The van der Waals surface area contributed by atoms with Crippen molar-refractivity contribution in [2.24, 2.45) is 51.8 Å². The van der Waals surface area contributed by atoms with Crippen LogP contribution in [0.4, 0.5) is 0 Å². The molecular weight excluding hydrogens is 446 g/mol. The Balaban J connectivity index is 1.22. The summed E-state index contributed by atoms with van der Waals surface area (Å²) in [6, 6.07) is 0. The summed E-state index contributed by atoms with van der Waals surface area (Å²) in [7, 11) is 0. The fraction of sp³-hybridized carbons (Fsp3) is 0.906. The topological polar surface area (TPSA) is 60.8 Å². The lowest BCUT2D eigenvalue weighted by molar-refractivity contribution is -0.179. The van der Waals surface area contributed by atoms with Gasteiger partial charge in [-0.05, 0) is 124 Å². The molecule has 1 aliphatic heterocycles. The van der Waals surface area contributed by atoms with Gasteiger partial charge in [0.05, 0.1) is 12.2 Å². The van der Waals surface area contributed by atoms with E-state index in [-0.39, 0.29) is 28.5 Å². The van der Waals surface area contributed by atoms with Gasteiger partial charge in [-0.3, -0.25) is 4.79 Å². The molecule has 0 spiro atoms. The summed E-state index contributed by atoms with van der Waals surface area (Å²) >= 11 is 0. The second-order valence-corrected chi connectivity index (χ2v) is 14.6. The van der Waals surface area contributed by atoms with Crippen molar-refractivity contribution in [3.05, 3.63) is 0 Å². The number of amides is 1. The summed E-state index contributed by atoms with van der Waals surface area (Å²) in [5, 5.41) is 22.0. The van der Waals surface area contributed by atoms with Gasteiger partial charge in [0.1, 0.15) is 0 Å². The third-order valence-corrected chi connectivity index (χ3v) is 12.7. The molecule has 4 nitrogen and oxygen atoms in total. The minimum absolute atomic E-state index is 0.0508. The molecule has 1 unspecified atom stereocenters. The van der Waals surface area contributed by atoms with E-state index < -0.39 is 0 Å². The first-order chi connectivity index (χ1) is 17.0. The Kier molecular flexibility index (Phi) is 7.08. The third kappa shape index (κ3) is 4.35. The minimum Gasteiger partial charge on any atom is -0.393 e. The van der Waals surface area contributed by atoms with Gasteiger partial charge in [-0.1, -0.05) is 20.8 Å². The maximum atomic E-state index is 13.0. The van der Waals surface area contributed by atoms with Crippen LogP contribution in [0.15, 0.2) is 0 Å². The first-order valence-electron chi connectivity index (χ1n) is 15.1. The second kappa shape index (κ2) is 9.60. The molecule has 36 heavy (non-hydrogen) atoms. The number of carbonyl (C=O) groups is 1. The highest BCUT2D eigenvalue weighted by Gasteiger charge is 2.63. The van der Waals surface area contributed by atoms with E-state index in [9.17, 15) is 15.0 Å². The van der Waals surface area contributed by atoms with Gasteiger partial charge in [-0.15, -0.1) is 12.3 Å². The molecule has 0 aromatic heterocycles. The highest BCUT2D eigenvalue weighted by molar-refractivity contribution is 5.76. The molecule has 1 amide bonds. The monoisotopic (exact) mass is 497 g/mol. The van der Waals surface area contributed by atoms with Crippen LogP contribution < -0.4 is 0 Å². The Morgan fingerprint density at radius 3 is 2.44 bits per heavy atom. The maximum absolute atomic E-state index is 13.0. The molecule has 5 aliphatic rings. The summed E-state index contributed by atoms with van der Waals surface area (Å²) in [5.74, 6) is 6.61. The second-order valence-electron chi connectivity index (χ2n) is 14.6. The Hall–Kier alpha value is -1.05. The lowest BCUT2D eigenvalue weighted by Gasteiger charge is -2.62. The van der Waals surface area contributed by atoms with Crippen LogP contribution in [-0.2, 0) is 4.79 Å². The number of terminal acetylenes is 1. The Morgan fingerprint density at radius 1 is 1.03 bits per heavy atom. The minimum atomic E-state index is -0.229. The summed E-state index contributed by atoms with van der Waals surface area (Å²) in [4.78, 5) is 15.1. The van der Waals surface area contributed by atoms with E-state index in [2.05, 4.69) is 33.6 Å². The number of likely N-dealkylation sites (tertiary alicyclic amines) is 1. The zero-order valence-electron chi connectivity index (χ0n) is 23.3. The van der Waals surface area contributed by atoms with Gasteiger partial charge in [-0.2, -0.15) is 0 Å². The fourth-order valence-corrected chi connectivity index (χ4v) is 10.4. The number of aliphatic hydroxyl groups is 2. The Labute approximate surface area is 220 Å². The third-order valence-electron chi connectivity index (χ3n) is 12.7. The molecule has 4 heteroatoms. The van der Waals surface area contributed by atoms with Gasteiger partial charge in [0.15, 0.2) is 0 Å². The standard InChI is InChI=1S/C32H51NO3/c1-6-30(3)15-17-33(18-16-30)28(36)12-7-21(2)25-10-11-26-24-9-8-22-19-23(34)13-14-31(22,4)29(24)27(35)20-32(25,26)5/h1,21-27,29,34-35H,7-20H2,2-5H3/t21?,22-,23-,24-,25+,26-,27-,29+,31-,32+/m0/s1. The lowest BCUT2D eigenvalue weighted by Crippen LogP contribution is -2.59. The molecule has 0 radical (unpaired) electrons. The molecule has 0 aromatic rings. The number of rotatable bonds is 4. The van der Waals surface area contributed by atoms with Crippen LogP contribution in [-0.4, -0.2) is 46.3 Å². The normalized spacial score (nSPS) is 46.7. The predicted molar refractivity (Wildman–Crippen MR) is 144 cm³/mol. The van der Waals surface area contributed by atoms with Gasteiger partial charge in [0.25, 0.3) is 0 Å². The SMILES string of the molecule is C#CC1(C)CCN(C(=O)CCC(C)[C@H]2CC[C@H]3[C@@H]4CC[C@H]5C[C@@H](O)CC[C@]5(C)[C@H]4[C@@H](O)C[C@]23C)CC1. The van der Waals surface area contributed by atoms with E-state index >= 15 is 0 Å². The molecule has 1 saturated heterocycles. The summed E-state index contributed by atoms with van der Waals surface area (Å²) in [5.41, 5.74) is 0.313. The Bertz CT molecular complexity index is 871. The molecule has 5 rings (SSSR count). The molecule has 1 heterocycles. The maximum Gasteiger partial charge on any atom is 0.222 e. The van der Waals surface area contributed by atoms with Crippen molar-refractivity contribution >= 4 is 5.91 Å². The number of carbonyl (C=O) groups excluding carboxylic acids is 1. The molecule has 202 valence electrons. The van der Waals surface area contributed by atoms with Crippen molar-refractivity contribution in [1.82, 2.24) is 4.90 Å². The van der Waals surface area contributed by atoms with Crippen LogP contribution in [0.1, 0.15) is 105 Å². The number of aliphatic hydroxyl groups excluding tert-OH is 2. The van der Waals surface area contributed by atoms with Crippen molar-refractivity contribution < 1.29 is 15.0 Å². The van der Waals surface area contributed by atoms with E-state index in [1.165, 1.54) is 25.7 Å². The van der Waals surface area contributed by atoms with Crippen molar-refractivity contribution in [3.63, 3.8) is 0 Å². The van der Waals surface area contributed by atoms with Gasteiger partial charge >= 0.3 is 0 Å². The predicted octanol–water partition coefficient (Wildman–Crippen LogP) is 5.66. The van der Waals surface area contributed by atoms with Crippen LogP contribution in [0.2, 0.25) is 0 Å². The van der Waals surface area contributed by atoms with Crippen molar-refractivity contribution in [3.8, 4) is 12.3 Å². The van der Waals surface area contributed by atoms with Crippen LogP contribution >= 0.6 is 0 Å². The molecule has 2 N–H and O–H groups in total. The van der Waals surface area contributed by atoms with Crippen LogP contribution in [0, 0.1) is 64.1 Å². The zero-order valence-corrected chi connectivity index (χ0v) is 23.3. The number of piperidine rings is 1. The highest BCUT2D eigenvalue weighted by atomic mass is 16.3. The van der Waals surface area contributed by atoms with Crippen LogP contribution in [0.3, 0.4) is 0 Å². The van der Waals surface area contributed by atoms with E-state index in [1.807, 2.05) is 4.90 Å². The summed E-state index contributed by atoms with van der Waals surface area (Å²) in [6.07, 6.45) is 17.5. The summed E-state index contributed by atoms with van der Waals surface area (Å²) < 4.78 is 0.